The van der Waals surface area contributed by atoms with E-state index in [9.17, 15) is 14.7 Å². The monoisotopic (exact) mass is 292 g/mol. The number of carbonyl (C=O) groups excluding carboxylic acids is 1. The molecule has 1 aromatic rings. The molecule has 0 aliphatic rings. The van der Waals surface area contributed by atoms with Gasteiger partial charge in [-0.1, -0.05) is 12.1 Å². The molecular formula is C16H24N2O3. The highest BCUT2D eigenvalue weighted by Crippen LogP contribution is 2.30. The van der Waals surface area contributed by atoms with Crippen LogP contribution in [0.15, 0.2) is 18.2 Å². The number of carboxylic acid groups (broad SMARTS) is 1. The van der Waals surface area contributed by atoms with E-state index < -0.39 is 23.0 Å². The van der Waals surface area contributed by atoms with Crippen molar-refractivity contribution in [3.63, 3.8) is 0 Å². The molecule has 5 nitrogen and oxygen atoms in total. The maximum atomic E-state index is 12.1. The van der Waals surface area contributed by atoms with Gasteiger partial charge in [0.05, 0.1) is 11.0 Å². The van der Waals surface area contributed by atoms with Gasteiger partial charge in [-0.05, 0) is 58.7 Å². The highest BCUT2D eigenvalue weighted by atomic mass is 16.4. The van der Waals surface area contributed by atoms with Gasteiger partial charge in [0.15, 0.2) is 0 Å². The third-order valence-corrected chi connectivity index (χ3v) is 4.38. The number of nitrogens with one attached hydrogen (secondary N) is 2. The Hall–Kier alpha value is -2.04. The Labute approximate surface area is 125 Å². The SMILES string of the molecule is Cc1cccc(NC(=O)NC(C)(C)C(C)(C)C(=O)O)c1C. The topological polar surface area (TPSA) is 78.4 Å². The largest absolute Gasteiger partial charge is 0.481 e. The summed E-state index contributed by atoms with van der Waals surface area (Å²) in [6.07, 6.45) is 0. The number of rotatable bonds is 4. The van der Waals surface area contributed by atoms with Crippen molar-refractivity contribution in [2.45, 2.75) is 47.1 Å². The van der Waals surface area contributed by atoms with Crippen LogP contribution in [-0.4, -0.2) is 22.6 Å². The summed E-state index contributed by atoms with van der Waals surface area (Å²) >= 11 is 0. The molecule has 0 aliphatic carbocycles. The molecule has 0 fully saturated rings. The molecule has 0 saturated heterocycles. The van der Waals surface area contributed by atoms with E-state index in [2.05, 4.69) is 10.6 Å². The number of urea groups is 1. The predicted molar refractivity (Wildman–Crippen MR) is 83.6 cm³/mol. The Morgan fingerprint density at radius 3 is 2.19 bits per heavy atom. The van der Waals surface area contributed by atoms with E-state index in [0.717, 1.165) is 16.8 Å². The zero-order valence-electron chi connectivity index (χ0n) is 13.5. The van der Waals surface area contributed by atoms with Crippen LogP contribution in [-0.2, 0) is 4.79 Å². The van der Waals surface area contributed by atoms with Crippen LogP contribution in [0.5, 0.6) is 0 Å². The minimum absolute atomic E-state index is 0.414. The van der Waals surface area contributed by atoms with E-state index >= 15 is 0 Å². The first-order valence-corrected chi connectivity index (χ1v) is 6.88. The van der Waals surface area contributed by atoms with Gasteiger partial charge in [-0.3, -0.25) is 4.79 Å². The van der Waals surface area contributed by atoms with Crippen LogP contribution in [0.3, 0.4) is 0 Å². The minimum atomic E-state index is -1.09. The summed E-state index contributed by atoms with van der Waals surface area (Å²) in [5.74, 6) is -0.959. The van der Waals surface area contributed by atoms with Gasteiger partial charge in [0, 0.05) is 5.69 Å². The Balaban J connectivity index is 2.87. The van der Waals surface area contributed by atoms with Gasteiger partial charge in [0.1, 0.15) is 0 Å². The van der Waals surface area contributed by atoms with Gasteiger partial charge >= 0.3 is 12.0 Å². The van der Waals surface area contributed by atoms with Crippen molar-refractivity contribution in [1.29, 1.82) is 0 Å². The molecule has 0 saturated carbocycles. The smallest absolute Gasteiger partial charge is 0.319 e. The first-order valence-electron chi connectivity index (χ1n) is 6.88. The van der Waals surface area contributed by atoms with Crippen molar-refractivity contribution < 1.29 is 14.7 Å². The maximum Gasteiger partial charge on any atom is 0.319 e. The van der Waals surface area contributed by atoms with Crippen LogP contribution in [0, 0.1) is 19.3 Å². The number of hydrogen-bond acceptors (Lipinski definition) is 2. The molecule has 3 N–H and O–H groups in total. The number of aryl methyl sites for hydroxylation is 1. The van der Waals surface area contributed by atoms with Crippen LogP contribution in [0.4, 0.5) is 10.5 Å². The van der Waals surface area contributed by atoms with Crippen LogP contribution in [0.2, 0.25) is 0 Å². The summed E-state index contributed by atoms with van der Waals surface area (Å²) in [6, 6.07) is 5.24. The number of anilines is 1. The van der Waals surface area contributed by atoms with Crippen molar-refractivity contribution in [3.8, 4) is 0 Å². The summed E-state index contributed by atoms with van der Waals surface area (Å²) < 4.78 is 0. The first-order chi connectivity index (χ1) is 9.49. The van der Waals surface area contributed by atoms with E-state index in [0.29, 0.717) is 0 Å². The number of amides is 2. The Kier molecular flexibility index (Phi) is 4.66. The number of aliphatic carboxylic acids is 1. The lowest BCUT2D eigenvalue weighted by Crippen LogP contribution is -2.57. The molecule has 0 unspecified atom stereocenters. The van der Waals surface area contributed by atoms with Gasteiger partial charge < -0.3 is 15.7 Å². The van der Waals surface area contributed by atoms with Crippen molar-refractivity contribution in [3.05, 3.63) is 29.3 Å². The fourth-order valence-electron chi connectivity index (χ4n) is 1.75. The molecular weight excluding hydrogens is 268 g/mol. The molecule has 0 aliphatic heterocycles. The van der Waals surface area contributed by atoms with Crippen LogP contribution in [0.25, 0.3) is 0 Å². The van der Waals surface area contributed by atoms with Gasteiger partial charge in [0.25, 0.3) is 0 Å². The van der Waals surface area contributed by atoms with Crippen LogP contribution < -0.4 is 10.6 Å². The third kappa shape index (κ3) is 3.54. The summed E-state index contributed by atoms with van der Waals surface area (Å²) in [5, 5.41) is 14.8. The first kappa shape index (κ1) is 17.0. The van der Waals surface area contributed by atoms with Crippen molar-refractivity contribution >= 4 is 17.7 Å². The second-order valence-electron chi connectivity index (χ2n) is 6.38. The summed E-state index contributed by atoms with van der Waals surface area (Å²) in [6.45, 7) is 10.5. The Bertz CT molecular complexity index is 563. The normalized spacial score (nSPS) is 11.9. The molecule has 2 amide bonds. The second kappa shape index (κ2) is 5.76. The van der Waals surface area contributed by atoms with Gasteiger partial charge in [-0.15, -0.1) is 0 Å². The van der Waals surface area contributed by atoms with E-state index in [1.807, 2.05) is 32.0 Å². The van der Waals surface area contributed by atoms with E-state index in [1.54, 1.807) is 27.7 Å². The molecule has 5 heteroatoms. The van der Waals surface area contributed by atoms with E-state index in [-0.39, 0.29) is 0 Å². The lowest BCUT2D eigenvalue weighted by atomic mass is 9.74. The van der Waals surface area contributed by atoms with Crippen LogP contribution >= 0.6 is 0 Å². The van der Waals surface area contributed by atoms with Crippen molar-refractivity contribution in [2.75, 3.05) is 5.32 Å². The fraction of sp³-hybridized carbons (Fsp3) is 0.500. The predicted octanol–water partition coefficient (Wildman–Crippen LogP) is 3.31. The van der Waals surface area contributed by atoms with Crippen molar-refractivity contribution in [1.82, 2.24) is 5.32 Å². The van der Waals surface area contributed by atoms with E-state index in [4.69, 9.17) is 0 Å². The van der Waals surface area contributed by atoms with Gasteiger partial charge in [0.2, 0.25) is 0 Å². The van der Waals surface area contributed by atoms with Gasteiger partial charge in [-0.2, -0.15) is 0 Å². The number of carbonyl (C=O) groups is 2. The van der Waals surface area contributed by atoms with Crippen LogP contribution in [0.1, 0.15) is 38.8 Å². The molecule has 0 atom stereocenters. The number of hydrogen-bond donors (Lipinski definition) is 3. The molecule has 116 valence electrons. The third-order valence-electron chi connectivity index (χ3n) is 4.38. The molecule has 0 spiro atoms. The average Bonchev–Trinajstić information content (AvgIpc) is 2.33. The second-order valence-corrected chi connectivity index (χ2v) is 6.38. The standard InChI is InChI=1S/C16H24N2O3/c1-10-8-7-9-12(11(10)2)17-14(21)18-16(5,6)15(3,4)13(19)20/h7-9H,1-6H3,(H,19,20)(H2,17,18,21). The fourth-order valence-corrected chi connectivity index (χ4v) is 1.75. The summed E-state index contributed by atoms with van der Waals surface area (Å²) in [5.41, 5.74) is 0.796. The lowest BCUT2D eigenvalue weighted by Gasteiger charge is -2.38. The molecule has 21 heavy (non-hydrogen) atoms. The minimum Gasteiger partial charge on any atom is -0.481 e. The summed E-state index contributed by atoms with van der Waals surface area (Å²) in [7, 11) is 0. The number of carboxylic acids is 1. The zero-order chi connectivity index (χ0) is 16.4. The Morgan fingerprint density at radius 1 is 1.10 bits per heavy atom. The molecule has 0 radical (unpaired) electrons. The summed E-state index contributed by atoms with van der Waals surface area (Å²) in [4.78, 5) is 23.5. The molecule has 0 heterocycles. The number of benzene rings is 1. The Morgan fingerprint density at radius 2 is 1.67 bits per heavy atom. The highest BCUT2D eigenvalue weighted by Gasteiger charge is 2.44. The quantitative estimate of drug-likeness (QED) is 0.796. The highest BCUT2D eigenvalue weighted by molar-refractivity contribution is 5.91. The van der Waals surface area contributed by atoms with E-state index in [1.165, 1.54) is 0 Å². The molecule has 1 aromatic carbocycles. The zero-order valence-corrected chi connectivity index (χ0v) is 13.5. The average molecular weight is 292 g/mol. The molecule has 1 rings (SSSR count). The maximum absolute atomic E-state index is 12.1. The van der Waals surface area contributed by atoms with Crippen molar-refractivity contribution in [2.24, 2.45) is 5.41 Å². The molecule has 0 bridgehead atoms. The van der Waals surface area contributed by atoms with Gasteiger partial charge in [-0.25, -0.2) is 4.79 Å². The lowest BCUT2D eigenvalue weighted by molar-refractivity contribution is -0.150. The molecule has 0 aromatic heterocycles.